The van der Waals surface area contributed by atoms with Crippen LogP contribution in [0.1, 0.15) is 45.1 Å². The van der Waals surface area contributed by atoms with Crippen LogP contribution in [-0.2, 0) is 9.53 Å². The molecular weight excluding hydrogens is 502 g/mol. The second kappa shape index (κ2) is 10.4. The molecule has 0 bridgehead atoms. The number of carbonyl (C=O) groups excluding carboxylic acids is 1. The second-order valence-electron chi connectivity index (χ2n) is 8.31. The van der Waals surface area contributed by atoms with Crippen LogP contribution < -0.4 is 24.4 Å². The fraction of sp³-hybridized carbons (Fsp3) is 0.320. The Morgan fingerprint density at radius 2 is 2.05 bits per heavy atom. The molecule has 3 aromatic rings. The van der Waals surface area contributed by atoms with Crippen molar-refractivity contribution in [2.45, 2.75) is 39.8 Å². The van der Waals surface area contributed by atoms with E-state index in [2.05, 4.69) is 4.99 Å². The third-order valence-electron chi connectivity index (χ3n) is 5.45. The summed E-state index contributed by atoms with van der Waals surface area (Å²) >= 11 is 1.08. The summed E-state index contributed by atoms with van der Waals surface area (Å²) in [6.45, 7) is 7.31. The number of aromatic nitrogens is 1. The summed E-state index contributed by atoms with van der Waals surface area (Å²) in [6, 6.07) is 6.96. The Bertz CT molecular complexity index is 1580. The smallest absolute Gasteiger partial charge is 0.433 e. The lowest BCUT2D eigenvalue weighted by atomic mass is 9.95. The first-order chi connectivity index (χ1) is 17.6. The number of furan rings is 1. The van der Waals surface area contributed by atoms with E-state index in [0.29, 0.717) is 27.6 Å². The lowest BCUT2D eigenvalue weighted by Crippen LogP contribution is -2.40. The molecule has 0 saturated heterocycles. The fourth-order valence-electron chi connectivity index (χ4n) is 3.96. The topological polar surface area (TPSA) is 135 Å². The highest BCUT2D eigenvalue weighted by Gasteiger charge is 2.34. The van der Waals surface area contributed by atoms with Crippen molar-refractivity contribution in [2.75, 3.05) is 13.7 Å². The molecule has 0 spiro atoms. The molecule has 1 aromatic carbocycles. The van der Waals surface area contributed by atoms with Gasteiger partial charge in [0.15, 0.2) is 16.3 Å². The zero-order valence-corrected chi connectivity index (χ0v) is 21.7. The van der Waals surface area contributed by atoms with Crippen LogP contribution in [0.5, 0.6) is 11.5 Å². The minimum atomic E-state index is -0.856. The number of esters is 1. The third kappa shape index (κ3) is 5.05. The average molecular weight is 528 g/mol. The Hall–Kier alpha value is -4.19. The number of fused-ring (bicyclic) bond motifs is 1. The number of carbonyl (C=O) groups is 1. The summed E-state index contributed by atoms with van der Waals surface area (Å²) in [7, 11) is 1.51. The summed E-state index contributed by atoms with van der Waals surface area (Å²) in [6.07, 6.45) is 1.32. The largest absolute Gasteiger partial charge is 0.493 e. The van der Waals surface area contributed by atoms with Crippen LogP contribution >= 0.6 is 11.3 Å². The number of benzene rings is 1. The van der Waals surface area contributed by atoms with Crippen molar-refractivity contribution in [3.8, 4) is 11.5 Å². The van der Waals surface area contributed by atoms with Crippen molar-refractivity contribution in [3.63, 3.8) is 0 Å². The van der Waals surface area contributed by atoms with Crippen molar-refractivity contribution >= 4 is 29.3 Å². The zero-order valence-electron chi connectivity index (χ0n) is 20.8. The van der Waals surface area contributed by atoms with E-state index >= 15 is 0 Å². The SMILES string of the molecule is CCOC(=O)C1=C(C)N=c2s/c(=C\c3ccc([N+](=O)[O-])o3)c(=O)n2[C@H]1c1ccc(OC(C)C)c(OC)c1. The van der Waals surface area contributed by atoms with E-state index in [4.69, 9.17) is 18.6 Å². The third-order valence-corrected chi connectivity index (χ3v) is 6.43. The molecule has 12 heteroatoms. The molecule has 0 aliphatic carbocycles. The van der Waals surface area contributed by atoms with Gasteiger partial charge in [-0.2, -0.15) is 0 Å². The maximum atomic E-state index is 13.6. The van der Waals surface area contributed by atoms with Gasteiger partial charge in [0.2, 0.25) is 0 Å². The van der Waals surface area contributed by atoms with Gasteiger partial charge in [-0.05, 0) is 51.5 Å². The van der Waals surface area contributed by atoms with E-state index < -0.39 is 28.4 Å². The molecule has 0 radical (unpaired) electrons. The highest BCUT2D eigenvalue weighted by molar-refractivity contribution is 7.07. The first kappa shape index (κ1) is 25.9. The molecule has 4 rings (SSSR count). The molecule has 0 N–H and O–H groups in total. The highest BCUT2D eigenvalue weighted by atomic mass is 32.1. The number of methoxy groups -OCH3 is 1. The standard InChI is InChI=1S/C25H25N3O8S/c1-6-34-24(30)21-14(4)26-25-27(22(21)15-7-9-17(35-13(2)3)18(11-15)33-5)23(29)19(37-25)12-16-8-10-20(36-16)28(31)32/h7-13,22H,6H2,1-5H3/b19-12-/t22-/m0/s1. The number of allylic oxidation sites excluding steroid dienone is 1. The van der Waals surface area contributed by atoms with Gasteiger partial charge in [-0.15, -0.1) is 0 Å². The summed E-state index contributed by atoms with van der Waals surface area (Å²) in [5, 5.41) is 11.0. The Labute approximate surface area is 215 Å². The average Bonchev–Trinajstić information content (AvgIpc) is 3.43. The van der Waals surface area contributed by atoms with Gasteiger partial charge in [0.1, 0.15) is 10.7 Å². The molecule has 11 nitrogen and oxygen atoms in total. The number of hydrogen-bond donors (Lipinski definition) is 0. The normalized spacial score (nSPS) is 15.4. The van der Waals surface area contributed by atoms with Crippen LogP contribution in [0.25, 0.3) is 6.08 Å². The lowest BCUT2D eigenvalue weighted by molar-refractivity contribution is -0.402. The van der Waals surface area contributed by atoms with Gasteiger partial charge in [-0.3, -0.25) is 19.5 Å². The van der Waals surface area contributed by atoms with Crippen LogP contribution in [0.3, 0.4) is 0 Å². The quantitative estimate of drug-likeness (QED) is 0.248. The van der Waals surface area contributed by atoms with E-state index in [-0.39, 0.29) is 28.6 Å². The Kier molecular flexibility index (Phi) is 7.30. The molecule has 2 aromatic heterocycles. The molecule has 0 unspecified atom stereocenters. The maximum absolute atomic E-state index is 13.6. The van der Waals surface area contributed by atoms with Crippen LogP contribution in [0.2, 0.25) is 0 Å². The highest BCUT2D eigenvalue weighted by Crippen LogP contribution is 2.36. The van der Waals surface area contributed by atoms with Gasteiger partial charge in [0.25, 0.3) is 5.56 Å². The Morgan fingerprint density at radius 3 is 2.68 bits per heavy atom. The van der Waals surface area contributed by atoms with Crippen molar-refractivity contribution in [1.82, 2.24) is 4.57 Å². The monoisotopic (exact) mass is 527 g/mol. The molecule has 3 heterocycles. The maximum Gasteiger partial charge on any atom is 0.433 e. The number of nitro groups is 1. The number of ether oxygens (including phenoxy) is 3. The van der Waals surface area contributed by atoms with Gasteiger partial charge in [-0.1, -0.05) is 17.4 Å². The van der Waals surface area contributed by atoms with Crippen molar-refractivity contribution in [2.24, 2.45) is 4.99 Å². The molecule has 194 valence electrons. The summed E-state index contributed by atoms with van der Waals surface area (Å²) in [4.78, 5) is 41.8. The minimum Gasteiger partial charge on any atom is -0.493 e. The molecular formula is C25H25N3O8S. The van der Waals surface area contributed by atoms with Gasteiger partial charge < -0.3 is 18.6 Å². The molecule has 1 aliphatic rings. The molecule has 0 fully saturated rings. The second-order valence-corrected chi connectivity index (χ2v) is 9.32. The predicted molar refractivity (Wildman–Crippen MR) is 135 cm³/mol. The van der Waals surface area contributed by atoms with Crippen LogP contribution in [0.15, 0.2) is 55.8 Å². The Balaban J connectivity index is 1.93. The number of hydrogen-bond acceptors (Lipinski definition) is 10. The molecule has 1 atom stereocenters. The van der Waals surface area contributed by atoms with Crippen LogP contribution in [-0.4, -0.2) is 35.3 Å². The van der Waals surface area contributed by atoms with Gasteiger partial charge >= 0.3 is 11.9 Å². The van der Waals surface area contributed by atoms with E-state index in [0.717, 1.165) is 11.3 Å². The first-order valence-electron chi connectivity index (χ1n) is 11.4. The Morgan fingerprint density at radius 1 is 1.30 bits per heavy atom. The molecule has 0 amide bonds. The summed E-state index contributed by atoms with van der Waals surface area (Å²) in [5.74, 6) is 0.0755. The first-order valence-corrected chi connectivity index (χ1v) is 12.2. The van der Waals surface area contributed by atoms with E-state index in [1.807, 2.05) is 13.8 Å². The molecule has 0 saturated carbocycles. The van der Waals surface area contributed by atoms with Crippen molar-refractivity contribution in [1.29, 1.82) is 0 Å². The van der Waals surface area contributed by atoms with Gasteiger partial charge in [0.05, 0.1) is 47.7 Å². The van der Waals surface area contributed by atoms with Crippen molar-refractivity contribution < 1.29 is 28.3 Å². The lowest BCUT2D eigenvalue weighted by Gasteiger charge is -2.25. The summed E-state index contributed by atoms with van der Waals surface area (Å²) < 4.78 is 23.5. The number of nitrogens with zero attached hydrogens (tertiary/aromatic N) is 3. The predicted octanol–water partition coefficient (Wildman–Crippen LogP) is 3.10. The summed E-state index contributed by atoms with van der Waals surface area (Å²) in [5.41, 5.74) is 0.774. The van der Waals surface area contributed by atoms with E-state index in [1.165, 1.54) is 29.9 Å². The van der Waals surface area contributed by atoms with Crippen molar-refractivity contribution in [3.05, 3.63) is 82.7 Å². The molecule has 37 heavy (non-hydrogen) atoms. The minimum absolute atomic E-state index is 0.0907. The number of thiazole rings is 1. The molecule has 1 aliphatic heterocycles. The van der Waals surface area contributed by atoms with E-state index in [1.54, 1.807) is 32.0 Å². The van der Waals surface area contributed by atoms with Crippen LogP contribution in [0.4, 0.5) is 5.88 Å². The van der Waals surface area contributed by atoms with Crippen LogP contribution in [0, 0.1) is 10.1 Å². The number of rotatable bonds is 8. The fourth-order valence-corrected chi connectivity index (χ4v) is 4.99. The zero-order chi connectivity index (χ0) is 26.9. The van der Waals surface area contributed by atoms with E-state index in [9.17, 15) is 19.7 Å². The van der Waals surface area contributed by atoms with Gasteiger partial charge in [0, 0.05) is 6.08 Å². The van der Waals surface area contributed by atoms with Gasteiger partial charge in [-0.25, -0.2) is 9.79 Å².